The SMILES string of the molecule is COc1ccc(C2CCC(CN(C(=O)C3CCCCC3)c3cccc(/C(C=N)=C/NC(C)C)c3)CC2)nc1C#N. The van der Waals surface area contributed by atoms with Crippen LogP contribution in [0.2, 0.25) is 0 Å². The number of rotatable bonds is 10. The van der Waals surface area contributed by atoms with E-state index in [1.54, 1.807) is 7.11 Å². The molecule has 212 valence electrons. The van der Waals surface area contributed by atoms with Gasteiger partial charge in [-0.3, -0.25) is 4.79 Å². The minimum absolute atomic E-state index is 0.0852. The third-order valence-electron chi connectivity index (χ3n) is 8.35. The van der Waals surface area contributed by atoms with Crippen LogP contribution in [0.4, 0.5) is 5.69 Å². The normalized spacial score (nSPS) is 20.0. The van der Waals surface area contributed by atoms with Crippen LogP contribution in [0.3, 0.4) is 0 Å². The van der Waals surface area contributed by atoms with Crippen LogP contribution in [0.15, 0.2) is 42.6 Å². The number of hydrogen-bond donors (Lipinski definition) is 2. The third kappa shape index (κ3) is 7.29. The van der Waals surface area contributed by atoms with Crippen molar-refractivity contribution in [1.29, 1.82) is 10.7 Å². The lowest BCUT2D eigenvalue weighted by molar-refractivity contribution is -0.123. The number of carbonyl (C=O) groups is 1. The molecule has 0 spiro atoms. The number of anilines is 1. The van der Waals surface area contributed by atoms with Crippen molar-refractivity contribution in [3.05, 3.63) is 59.5 Å². The Morgan fingerprint density at radius 1 is 1.15 bits per heavy atom. The van der Waals surface area contributed by atoms with Gasteiger partial charge in [0.15, 0.2) is 11.4 Å². The molecule has 0 atom stereocenters. The number of carbonyl (C=O) groups excluding carboxylic acids is 1. The second-order valence-corrected chi connectivity index (χ2v) is 11.5. The van der Waals surface area contributed by atoms with Crippen molar-refractivity contribution in [2.24, 2.45) is 11.8 Å². The van der Waals surface area contributed by atoms with Crippen molar-refractivity contribution in [3.63, 3.8) is 0 Å². The molecule has 7 heteroatoms. The van der Waals surface area contributed by atoms with Gasteiger partial charge in [-0.2, -0.15) is 5.26 Å². The molecular formula is C33H43N5O2. The zero-order chi connectivity index (χ0) is 28.5. The minimum Gasteiger partial charge on any atom is -0.494 e. The number of nitrogens with one attached hydrogen (secondary N) is 2. The summed E-state index contributed by atoms with van der Waals surface area (Å²) in [7, 11) is 1.56. The molecule has 1 amide bonds. The summed E-state index contributed by atoms with van der Waals surface area (Å²) >= 11 is 0. The standard InChI is InChI=1S/C33H43N5O2/c1-23(2)36-21-28(19-34)27-10-7-11-29(18-27)38(33(39)26-8-5-4-6-9-26)22-24-12-14-25(15-13-24)30-16-17-32(40-3)31(20-35)37-30/h7,10-11,16-19,21,23-26,34,36H,4-6,8-9,12-15,22H2,1-3H3/b28-21+,34-19?. The highest BCUT2D eigenvalue weighted by molar-refractivity contribution is 6.08. The molecule has 0 aliphatic heterocycles. The molecule has 7 nitrogen and oxygen atoms in total. The van der Waals surface area contributed by atoms with Crippen LogP contribution < -0.4 is 15.0 Å². The average molecular weight is 542 g/mol. The van der Waals surface area contributed by atoms with Gasteiger partial charge in [0, 0.05) is 53.8 Å². The van der Waals surface area contributed by atoms with Gasteiger partial charge < -0.3 is 20.4 Å². The number of allylic oxidation sites excluding steroid dienone is 1. The van der Waals surface area contributed by atoms with Crippen LogP contribution in [0.25, 0.3) is 5.57 Å². The van der Waals surface area contributed by atoms with Gasteiger partial charge in [-0.15, -0.1) is 0 Å². The summed E-state index contributed by atoms with van der Waals surface area (Å²) in [6, 6.07) is 14.4. The van der Waals surface area contributed by atoms with Gasteiger partial charge >= 0.3 is 0 Å². The molecule has 0 radical (unpaired) electrons. The number of nitriles is 1. The van der Waals surface area contributed by atoms with Gasteiger partial charge in [0.2, 0.25) is 5.91 Å². The fourth-order valence-electron chi connectivity index (χ4n) is 6.04. The highest BCUT2D eigenvalue weighted by Crippen LogP contribution is 2.38. The van der Waals surface area contributed by atoms with E-state index in [9.17, 15) is 10.1 Å². The molecule has 1 aromatic carbocycles. The fourth-order valence-corrected chi connectivity index (χ4v) is 6.04. The van der Waals surface area contributed by atoms with Gasteiger partial charge in [-0.25, -0.2) is 4.98 Å². The first-order valence-corrected chi connectivity index (χ1v) is 14.8. The van der Waals surface area contributed by atoms with E-state index in [1.807, 2.05) is 41.4 Å². The Bertz CT molecular complexity index is 1230. The molecular weight excluding hydrogens is 498 g/mol. The molecule has 40 heavy (non-hydrogen) atoms. The molecule has 2 aliphatic carbocycles. The average Bonchev–Trinajstić information content (AvgIpc) is 3.00. The first-order chi connectivity index (χ1) is 19.4. The summed E-state index contributed by atoms with van der Waals surface area (Å²) in [5, 5.41) is 20.7. The van der Waals surface area contributed by atoms with E-state index in [-0.39, 0.29) is 17.9 Å². The van der Waals surface area contributed by atoms with Crippen LogP contribution >= 0.6 is 0 Å². The lowest BCUT2D eigenvalue weighted by atomic mass is 9.79. The Hall–Kier alpha value is -3.66. The highest BCUT2D eigenvalue weighted by Gasteiger charge is 2.31. The maximum Gasteiger partial charge on any atom is 0.230 e. The van der Waals surface area contributed by atoms with E-state index in [4.69, 9.17) is 10.1 Å². The van der Waals surface area contributed by atoms with Crippen molar-refractivity contribution in [2.75, 3.05) is 18.6 Å². The number of methoxy groups -OCH3 is 1. The smallest absolute Gasteiger partial charge is 0.230 e. The first-order valence-electron chi connectivity index (χ1n) is 14.8. The first kappa shape index (κ1) is 29.3. The molecule has 4 rings (SSSR count). The lowest BCUT2D eigenvalue weighted by Gasteiger charge is -2.35. The molecule has 2 N–H and O–H groups in total. The quantitative estimate of drug-likeness (QED) is 0.321. The van der Waals surface area contributed by atoms with Crippen molar-refractivity contribution in [3.8, 4) is 11.8 Å². The lowest BCUT2D eigenvalue weighted by Crippen LogP contribution is -2.41. The Morgan fingerprint density at radius 2 is 1.90 bits per heavy atom. The zero-order valence-corrected chi connectivity index (χ0v) is 24.2. The summed E-state index contributed by atoms with van der Waals surface area (Å²) < 4.78 is 5.27. The van der Waals surface area contributed by atoms with Gasteiger partial charge in [0.05, 0.1) is 7.11 Å². The van der Waals surface area contributed by atoms with E-state index in [0.717, 1.165) is 73.9 Å². The van der Waals surface area contributed by atoms with Gasteiger partial charge in [0.25, 0.3) is 0 Å². The topological polar surface area (TPSA) is 102 Å². The van der Waals surface area contributed by atoms with Crippen LogP contribution in [-0.2, 0) is 4.79 Å². The van der Waals surface area contributed by atoms with Crippen LogP contribution in [0, 0.1) is 28.6 Å². The summed E-state index contributed by atoms with van der Waals surface area (Å²) in [5.74, 6) is 1.56. The Kier molecular flexibility index (Phi) is 10.3. The highest BCUT2D eigenvalue weighted by atomic mass is 16.5. The number of nitrogens with zero attached hydrogens (tertiary/aromatic N) is 3. The Labute approximate surface area is 239 Å². The molecule has 1 aromatic heterocycles. The number of aromatic nitrogens is 1. The van der Waals surface area contributed by atoms with Crippen molar-refractivity contribution >= 4 is 23.4 Å². The fraction of sp³-hybridized carbons (Fsp3) is 0.515. The molecule has 0 bridgehead atoms. The molecule has 2 aliphatic rings. The number of pyridine rings is 1. The van der Waals surface area contributed by atoms with Gasteiger partial charge in [-0.05, 0) is 88.1 Å². The molecule has 2 aromatic rings. The van der Waals surface area contributed by atoms with Crippen molar-refractivity contribution in [1.82, 2.24) is 10.3 Å². The van der Waals surface area contributed by atoms with Crippen LogP contribution in [0.5, 0.6) is 5.75 Å². The minimum atomic E-state index is 0.0852. The molecule has 0 unspecified atom stereocenters. The molecule has 2 saturated carbocycles. The van der Waals surface area contributed by atoms with E-state index in [2.05, 4.69) is 36.3 Å². The third-order valence-corrected chi connectivity index (χ3v) is 8.35. The second-order valence-electron chi connectivity index (χ2n) is 11.5. The molecule has 1 heterocycles. The van der Waals surface area contributed by atoms with Crippen molar-refractivity contribution < 1.29 is 9.53 Å². The van der Waals surface area contributed by atoms with E-state index in [1.165, 1.54) is 12.6 Å². The van der Waals surface area contributed by atoms with Crippen LogP contribution in [0.1, 0.15) is 94.5 Å². The number of benzene rings is 1. The van der Waals surface area contributed by atoms with Crippen molar-refractivity contribution in [2.45, 2.75) is 83.6 Å². The number of amides is 1. The van der Waals surface area contributed by atoms with E-state index in [0.29, 0.717) is 29.8 Å². The zero-order valence-electron chi connectivity index (χ0n) is 24.2. The number of hydrogen-bond acceptors (Lipinski definition) is 6. The Balaban J connectivity index is 1.52. The maximum atomic E-state index is 14.0. The van der Waals surface area contributed by atoms with Gasteiger partial charge in [0.1, 0.15) is 6.07 Å². The maximum absolute atomic E-state index is 14.0. The summed E-state index contributed by atoms with van der Waals surface area (Å²) in [6.07, 6.45) is 12.6. The second kappa shape index (κ2) is 14.1. The predicted octanol–water partition coefficient (Wildman–Crippen LogP) is 6.84. The summed E-state index contributed by atoms with van der Waals surface area (Å²) in [5.41, 5.74) is 3.95. The van der Waals surface area contributed by atoms with E-state index >= 15 is 0 Å². The van der Waals surface area contributed by atoms with Gasteiger partial charge in [-0.1, -0.05) is 31.4 Å². The Morgan fingerprint density at radius 3 is 2.55 bits per heavy atom. The summed E-state index contributed by atoms with van der Waals surface area (Å²) in [4.78, 5) is 20.6. The summed E-state index contributed by atoms with van der Waals surface area (Å²) in [6.45, 7) is 4.85. The monoisotopic (exact) mass is 541 g/mol. The predicted molar refractivity (Wildman–Crippen MR) is 161 cm³/mol. The number of ether oxygens (including phenoxy) is 1. The van der Waals surface area contributed by atoms with E-state index < -0.39 is 0 Å². The molecule has 0 saturated heterocycles. The largest absolute Gasteiger partial charge is 0.494 e. The van der Waals surface area contributed by atoms with Crippen LogP contribution in [-0.4, -0.2) is 36.8 Å². The molecule has 2 fully saturated rings.